The molecule has 1 aromatic carbocycles. The number of benzene rings is 1. The number of hydrogen-bond acceptors (Lipinski definition) is 3. The summed E-state index contributed by atoms with van der Waals surface area (Å²) in [5.41, 5.74) is 0.879. The third-order valence-electron chi connectivity index (χ3n) is 2.99. The molecular weight excluding hydrogens is 220 g/mol. The van der Waals surface area contributed by atoms with Crippen molar-refractivity contribution in [3.05, 3.63) is 23.9 Å². The lowest BCUT2D eigenvalue weighted by Crippen LogP contribution is -1.97. The Kier molecular flexibility index (Phi) is 2.07. The Morgan fingerprint density at radius 3 is 2.88 bits per heavy atom. The summed E-state index contributed by atoms with van der Waals surface area (Å²) in [6.07, 6.45) is 4.21. The maximum atomic E-state index is 11.0. The second-order valence-corrected chi connectivity index (χ2v) is 4.26. The molecule has 1 N–H and O–H groups in total. The lowest BCUT2D eigenvalue weighted by Gasteiger charge is -2.02. The van der Waals surface area contributed by atoms with Gasteiger partial charge in [0.1, 0.15) is 5.75 Å². The molecule has 1 aliphatic rings. The molecule has 0 unspecified atom stereocenters. The lowest BCUT2D eigenvalue weighted by molar-refractivity contribution is 0.0696. The van der Waals surface area contributed by atoms with Crippen LogP contribution in [-0.4, -0.2) is 28.0 Å². The predicted molar refractivity (Wildman–Crippen MR) is 61.5 cm³/mol. The van der Waals surface area contributed by atoms with Crippen LogP contribution in [0.3, 0.4) is 0 Å². The molecule has 5 heteroatoms. The van der Waals surface area contributed by atoms with E-state index in [4.69, 9.17) is 9.84 Å². The van der Waals surface area contributed by atoms with Gasteiger partial charge in [0.25, 0.3) is 0 Å². The molecule has 1 aromatic heterocycles. The molecule has 3 rings (SSSR count). The van der Waals surface area contributed by atoms with Crippen LogP contribution in [0.15, 0.2) is 18.3 Å². The number of carboxylic acid groups (broad SMARTS) is 1. The van der Waals surface area contributed by atoms with Gasteiger partial charge in [-0.05, 0) is 25.0 Å². The van der Waals surface area contributed by atoms with E-state index in [2.05, 4.69) is 5.10 Å². The number of fused-ring (bicyclic) bond motifs is 1. The minimum atomic E-state index is -0.967. The van der Waals surface area contributed by atoms with Gasteiger partial charge < -0.3 is 9.84 Å². The Morgan fingerprint density at radius 2 is 2.29 bits per heavy atom. The Bertz CT molecular complexity index is 599. The summed E-state index contributed by atoms with van der Waals surface area (Å²) in [6, 6.07) is 3.59. The number of hydrogen-bond donors (Lipinski definition) is 1. The zero-order valence-electron chi connectivity index (χ0n) is 9.38. The van der Waals surface area contributed by atoms with E-state index >= 15 is 0 Å². The third-order valence-corrected chi connectivity index (χ3v) is 2.99. The van der Waals surface area contributed by atoms with E-state index in [0.717, 1.165) is 18.2 Å². The largest absolute Gasteiger partial charge is 0.496 e. The van der Waals surface area contributed by atoms with Crippen molar-refractivity contribution < 1.29 is 14.6 Å². The number of rotatable bonds is 3. The highest BCUT2D eigenvalue weighted by atomic mass is 16.5. The molecule has 0 aliphatic heterocycles. The number of aromatic nitrogens is 2. The molecule has 0 atom stereocenters. The van der Waals surface area contributed by atoms with Gasteiger partial charge in [-0.2, -0.15) is 5.10 Å². The predicted octanol–water partition coefficient (Wildman–Crippen LogP) is 2.08. The summed E-state index contributed by atoms with van der Waals surface area (Å²) < 4.78 is 7.12. The molecule has 5 nitrogen and oxygen atoms in total. The Labute approximate surface area is 97.6 Å². The van der Waals surface area contributed by atoms with Crippen molar-refractivity contribution in [3.8, 4) is 5.75 Å². The minimum absolute atomic E-state index is 0.204. The molecule has 0 amide bonds. The Balaban J connectivity index is 2.21. The van der Waals surface area contributed by atoms with Crippen LogP contribution < -0.4 is 4.74 Å². The van der Waals surface area contributed by atoms with Gasteiger partial charge in [0.05, 0.1) is 29.6 Å². The van der Waals surface area contributed by atoms with Crippen LogP contribution in [0.1, 0.15) is 29.2 Å². The van der Waals surface area contributed by atoms with E-state index in [9.17, 15) is 4.79 Å². The van der Waals surface area contributed by atoms with Crippen molar-refractivity contribution in [1.29, 1.82) is 0 Å². The second-order valence-electron chi connectivity index (χ2n) is 4.26. The average molecular weight is 232 g/mol. The van der Waals surface area contributed by atoms with Crippen molar-refractivity contribution in [2.24, 2.45) is 0 Å². The van der Waals surface area contributed by atoms with Gasteiger partial charge in [0.2, 0.25) is 0 Å². The fraction of sp³-hybridized carbons (Fsp3) is 0.333. The molecule has 0 spiro atoms. The van der Waals surface area contributed by atoms with Crippen molar-refractivity contribution in [3.63, 3.8) is 0 Å². The van der Waals surface area contributed by atoms with Crippen LogP contribution >= 0.6 is 0 Å². The van der Waals surface area contributed by atoms with Crippen LogP contribution in [0.2, 0.25) is 0 Å². The van der Waals surface area contributed by atoms with Crippen molar-refractivity contribution in [1.82, 2.24) is 9.78 Å². The maximum Gasteiger partial charge on any atom is 0.335 e. The summed E-state index contributed by atoms with van der Waals surface area (Å²) in [6.45, 7) is 0. The monoisotopic (exact) mass is 232 g/mol. The molecular formula is C12H12N2O3. The van der Waals surface area contributed by atoms with E-state index in [0.29, 0.717) is 17.3 Å². The molecule has 0 bridgehead atoms. The van der Waals surface area contributed by atoms with Gasteiger partial charge in [-0.1, -0.05) is 0 Å². The third kappa shape index (κ3) is 1.63. The number of aromatic carboxylic acids is 1. The normalized spacial score (nSPS) is 15.1. The van der Waals surface area contributed by atoms with Gasteiger partial charge in [0, 0.05) is 6.20 Å². The van der Waals surface area contributed by atoms with Crippen LogP contribution in [0.25, 0.3) is 10.9 Å². The van der Waals surface area contributed by atoms with E-state index in [1.165, 1.54) is 13.2 Å². The summed E-state index contributed by atoms with van der Waals surface area (Å²) in [5.74, 6) is -0.405. The smallest absolute Gasteiger partial charge is 0.335 e. The number of carboxylic acids is 1. The summed E-state index contributed by atoms with van der Waals surface area (Å²) in [7, 11) is 1.54. The lowest BCUT2D eigenvalue weighted by atomic mass is 10.1. The molecule has 88 valence electrons. The van der Waals surface area contributed by atoms with E-state index < -0.39 is 5.97 Å². The molecule has 0 radical (unpaired) electrons. The molecule has 1 aliphatic carbocycles. The first-order chi connectivity index (χ1) is 8.19. The fourth-order valence-corrected chi connectivity index (χ4v) is 1.93. The molecule has 17 heavy (non-hydrogen) atoms. The van der Waals surface area contributed by atoms with Gasteiger partial charge in [-0.3, -0.25) is 4.68 Å². The van der Waals surface area contributed by atoms with Crippen LogP contribution in [0, 0.1) is 0 Å². The molecule has 1 heterocycles. The number of ether oxygens (including phenoxy) is 1. The van der Waals surface area contributed by atoms with Gasteiger partial charge in [-0.15, -0.1) is 0 Å². The first kappa shape index (κ1) is 10.1. The minimum Gasteiger partial charge on any atom is -0.496 e. The SMILES string of the molecule is COc1cc(C(=O)O)cc2nn(C3CC3)cc12. The van der Waals surface area contributed by atoms with Gasteiger partial charge in [0.15, 0.2) is 0 Å². The molecule has 2 aromatic rings. The molecule has 1 saturated carbocycles. The highest BCUT2D eigenvalue weighted by Crippen LogP contribution is 2.36. The summed E-state index contributed by atoms with van der Waals surface area (Å²) in [5, 5.41) is 14.3. The Morgan fingerprint density at radius 1 is 1.53 bits per heavy atom. The van der Waals surface area contributed by atoms with Crippen molar-refractivity contribution in [2.45, 2.75) is 18.9 Å². The summed E-state index contributed by atoms with van der Waals surface area (Å²) in [4.78, 5) is 11.0. The van der Waals surface area contributed by atoms with Gasteiger partial charge in [-0.25, -0.2) is 4.79 Å². The zero-order valence-corrected chi connectivity index (χ0v) is 9.38. The number of methoxy groups -OCH3 is 1. The second kappa shape index (κ2) is 3.48. The van der Waals surface area contributed by atoms with Gasteiger partial charge >= 0.3 is 5.97 Å². The highest BCUT2D eigenvalue weighted by Gasteiger charge is 2.25. The Hall–Kier alpha value is -2.04. The van der Waals surface area contributed by atoms with Crippen molar-refractivity contribution >= 4 is 16.9 Å². The van der Waals surface area contributed by atoms with E-state index in [-0.39, 0.29) is 5.56 Å². The summed E-state index contributed by atoms with van der Waals surface area (Å²) >= 11 is 0. The molecule has 0 saturated heterocycles. The standard InChI is InChI=1S/C12H12N2O3/c1-17-11-5-7(12(15)16)4-10-9(11)6-14(13-10)8-2-3-8/h4-6,8H,2-3H2,1H3,(H,15,16). The number of nitrogens with zero attached hydrogens (tertiary/aromatic N) is 2. The quantitative estimate of drug-likeness (QED) is 0.879. The fourth-order valence-electron chi connectivity index (χ4n) is 1.93. The zero-order chi connectivity index (χ0) is 12.0. The van der Waals surface area contributed by atoms with E-state index in [1.54, 1.807) is 6.07 Å². The van der Waals surface area contributed by atoms with Crippen LogP contribution in [-0.2, 0) is 0 Å². The topological polar surface area (TPSA) is 64.3 Å². The average Bonchev–Trinajstić information content (AvgIpc) is 3.07. The maximum absolute atomic E-state index is 11.0. The first-order valence-corrected chi connectivity index (χ1v) is 5.49. The van der Waals surface area contributed by atoms with Crippen LogP contribution in [0.4, 0.5) is 0 Å². The highest BCUT2D eigenvalue weighted by molar-refractivity contribution is 5.96. The molecule has 1 fully saturated rings. The number of carbonyl (C=O) groups is 1. The van der Waals surface area contributed by atoms with Crippen LogP contribution in [0.5, 0.6) is 5.75 Å². The van der Waals surface area contributed by atoms with E-state index in [1.807, 2.05) is 10.9 Å². The van der Waals surface area contributed by atoms with Crippen molar-refractivity contribution in [2.75, 3.05) is 7.11 Å². The first-order valence-electron chi connectivity index (χ1n) is 5.49.